The fourth-order valence-corrected chi connectivity index (χ4v) is 3.11. The molecule has 1 aliphatic carbocycles. The summed E-state index contributed by atoms with van der Waals surface area (Å²) in [5.74, 6) is 0.00214. The van der Waals surface area contributed by atoms with Crippen LogP contribution in [0.2, 0.25) is 0 Å². The Labute approximate surface area is 138 Å². The lowest BCUT2D eigenvalue weighted by molar-refractivity contribution is -0.384. The van der Waals surface area contributed by atoms with Crippen LogP contribution >= 0.6 is 0 Å². The van der Waals surface area contributed by atoms with Gasteiger partial charge in [-0.2, -0.15) is 0 Å². The standard InChI is InChI=1S/C16H19N3O5/c20-15(10-1-2-10)11-3-4-13(14(9-11)19(23)24)18-7-5-12(6-8-18)17-16(21)22/h3-4,9-10,12,17H,1-2,5-8H2,(H,21,22). The molecular formula is C16H19N3O5. The van der Waals surface area contributed by atoms with Crippen LogP contribution in [0.15, 0.2) is 18.2 Å². The van der Waals surface area contributed by atoms with Crippen molar-refractivity contribution in [3.63, 3.8) is 0 Å². The Hall–Kier alpha value is -2.64. The lowest BCUT2D eigenvalue weighted by Gasteiger charge is -2.33. The van der Waals surface area contributed by atoms with Gasteiger partial charge in [0.25, 0.3) is 5.69 Å². The number of carboxylic acid groups (broad SMARTS) is 1. The van der Waals surface area contributed by atoms with Crippen molar-refractivity contribution in [1.82, 2.24) is 5.32 Å². The molecular weight excluding hydrogens is 314 g/mol. The molecule has 2 N–H and O–H groups in total. The maximum Gasteiger partial charge on any atom is 0.404 e. The number of nitro groups is 1. The van der Waals surface area contributed by atoms with Gasteiger partial charge in [-0.05, 0) is 37.8 Å². The summed E-state index contributed by atoms with van der Waals surface area (Å²) < 4.78 is 0. The first-order valence-corrected chi connectivity index (χ1v) is 8.03. The van der Waals surface area contributed by atoms with Gasteiger partial charge in [-0.3, -0.25) is 14.9 Å². The van der Waals surface area contributed by atoms with Gasteiger partial charge in [0.15, 0.2) is 5.78 Å². The molecule has 1 aliphatic heterocycles. The van der Waals surface area contributed by atoms with Crippen LogP contribution in [0, 0.1) is 16.0 Å². The average Bonchev–Trinajstić information content (AvgIpc) is 3.39. The Morgan fingerprint density at radius 1 is 1.21 bits per heavy atom. The number of nitrogens with zero attached hydrogens (tertiary/aromatic N) is 2. The Morgan fingerprint density at radius 2 is 1.88 bits per heavy atom. The SMILES string of the molecule is O=C(O)NC1CCN(c2ccc(C(=O)C3CC3)cc2[N+](=O)[O-])CC1. The van der Waals surface area contributed by atoms with E-state index in [-0.39, 0.29) is 23.4 Å². The Balaban J connectivity index is 1.76. The first-order valence-electron chi connectivity index (χ1n) is 8.03. The zero-order valence-corrected chi connectivity index (χ0v) is 13.1. The molecule has 2 fully saturated rings. The van der Waals surface area contributed by atoms with E-state index in [1.807, 2.05) is 4.90 Å². The summed E-state index contributed by atoms with van der Waals surface area (Å²) in [5, 5.41) is 22.6. The summed E-state index contributed by atoms with van der Waals surface area (Å²) in [4.78, 5) is 35.6. The van der Waals surface area contributed by atoms with Crippen LogP contribution in [0.25, 0.3) is 0 Å². The first kappa shape index (κ1) is 16.2. The van der Waals surface area contributed by atoms with Crippen molar-refractivity contribution in [3.8, 4) is 0 Å². The minimum atomic E-state index is -1.05. The van der Waals surface area contributed by atoms with E-state index >= 15 is 0 Å². The zero-order chi connectivity index (χ0) is 17.3. The second kappa shape index (κ2) is 6.46. The highest BCUT2D eigenvalue weighted by molar-refractivity contribution is 6.00. The van der Waals surface area contributed by atoms with E-state index in [4.69, 9.17) is 5.11 Å². The number of piperidine rings is 1. The van der Waals surface area contributed by atoms with Gasteiger partial charge in [-0.15, -0.1) is 0 Å². The molecule has 1 saturated heterocycles. The van der Waals surface area contributed by atoms with E-state index in [1.165, 1.54) is 6.07 Å². The lowest BCUT2D eigenvalue weighted by Crippen LogP contribution is -2.44. The van der Waals surface area contributed by atoms with Gasteiger partial charge in [-0.25, -0.2) is 4.79 Å². The number of Topliss-reactive ketones (excluding diaryl/α,β-unsaturated/α-hetero) is 1. The number of hydrogen-bond acceptors (Lipinski definition) is 5. The predicted molar refractivity (Wildman–Crippen MR) is 86.5 cm³/mol. The van der Waals surface area contributed by atoms with E-state index in [9.17, 15) is 19.7 Å². The molecule has 1 saturated carbocycles. The number of hydrogen-bond donors (Lipinski definition) is 2. The normalized spacial score (nSPS) is 18.2. The molecule has 0 radical (unpaired) electrons. The van der Waals surface area contributed by atoms with Gasteiger partial charge >= 0.3 is 6.09 Å². The monoisotopic (exact) mass is 333 g/mol. The molecule has 1 aromatic rings. The molecule has 128 valence electrons. The van der Waals surface area contributed by atoms with Crippen LogP contribution < -0.4 is 10.2 Å². The third-order valence-electron chi connectivity index (χ3n) is 4.57. The van der Waals surface area contributed by atoms with Crippen LogP contribution in [0.5, 0.6) is 0 Å². The molecule has 3 rings (SSSR count). The fraction of sp³-hybridized carbons (Fsp3) is 0.500. The number of benzene rings is 1. The third kappa shape index (κ3) is 3.47. The van der Waals surface area contributed by atoms with Crippen LogP contribution in [0.4, 0.5) is 16.2 Å². The molecule has 24 heavy (non-hydrogen) atoms. The van der Waals surface area contributed by atoms with Gasteiger partial charge in [0, 0.05) is 36.7 Å². The van der Waals surface area contributed by atoms with Gasteiger partial charge < -0.3 is 15.3 Å². The minimum Gasteiger partial charge on any atom is -0.465 e. The van der Waals surface area contributed by atoms with Crippen molar-refractivity contribution < 1.29 is 19.6 Å². The van der Waals surface area contributed by atoms with Gasteiger partial charge in [0.1, 0.15) is 5.69 Å². The molecule has 2 aliphatic rings. The highest BCUT2D eigenvalue weighted by Gasteiger charge is 2.32. The number of carbonyl (C=O) groups is 2. The van der Waals surface area contributed by atoms with Crippen molar-refractivity contribution in [1.29, 1.82) is 0 Å². The molecule has 0 atom stereocenters. The molecule has 0 spiro atoms. The number of nitrogens with one attached hydrogen (secondary N) is 1. The molecule has 1 amide bonds. The van der Waals surface area contributed by atoms with Crippen LogP contribution in [0.1, 0.15) is 36.0 Å². The average molecular weight is 333 g/mol. The van der Waals surface area contributed by atoms with E-state index in [1.54, 1.807) is 12.1 Å². The van der Waals surface area contributed by atoms with Crippen molar-refractivity contribution in [3.05, 3.63) is 33.9 Å². The number of amides is 1. The molecule has 8 heteroatoms. The number of nitro benzene ring substituents is 1. The quantitative estimate of drug-likeness (QED) is 0.486. The van der Waals surface area contributed by atoms with Crippen LogP contribution in [-0.4, -0.2) is 41.0 Å². The second-order valence-corrected chi connectivity index (χ2v) is 6.31. The van der Waals surface area contributed by atoms with E-state index in [0.29, 0.717) is 37.2 Å². The molecule has 1 heterocycles. The van der Waals surface area contributed by atoms with Crippen LogP contribution in [0.3, 0.4) is 0 Å². The summed E-state index contributed by atoms with van der Waals surface area (Å²) in [6.07, 6.45) is 1.84. The first-order chi connectivity index (χ1) is 11.5. The topological polar surface area (TPSA) is 113 Å². The van der Waals surface area contributed by atoms with Crippen LogP contribution in [-0.2, 0) is 0 Å². The number of rotatable bonds is 5. The number of carbonyl (C=O) groups excluding carboxylic acids is 1. The van der Waals surface area contributed by atoms with Gasteiger partial charge in [-0.1, -0.05) is 0 Å². The summed E-state index contributed by atoms with van der Waals surface area (Å²) >= 11 is 0. The van der Waals surface area contributed by atoms with E-state index in [2.05, 4.69) is 5.32 Å². The second-order valence-electron chi connectivity index (χ2n) is 6.31. The predicted octanol–water partition coefficient (Wildman–Crippen LogP) is 2.42. The van der Waals surface area contributed by atoms with Gasteiger partial charge in [0.05, 0.1) is 4.92 Å². The molecule has 0 unspecified atom stereocenters. The van der Waals surface area contributed by atoms with Crippen molar-refractivity contribution >= 4 is 23.3 Å². The fourth-order valence-electron chi connectivity index (χ4n) is 3.11. The Morgan fingerprint density at radius 3 is 2.42 bits per heavy atom. The molecule has 1 aromatic carbocycles. The summed E-state index contributed by atoms with van der Waals surface area (Å²) in [6, 6.07) is 4.54. The van der Waals surface area contributed by atoms with Crippen molar-refractivity contribution in [2.45, 2.75) is 31.7 Å². The molecule has 0 bridgehead atoms. The molecule has 0 aromatic heterocycles. The third-order valence-corrected chi connectivity index (χ3v) is 4.57. The summed E-state index contributed by atoms with van der Waals surface area (Å²) in [6.45, 7) is 1.06. The number of anilines is 1. The highest BCUT2D eigenvalue weighted by Crippen LogP contribution is 2.36. The number of ketones is 1. The smallest absolute Gasteiger partial charge is 0.404 e. The minimum absolute atomic E-state index is 0.0194. The van der Waals surface area contributed by atoms with E-state index < -0.39 is 11.0 Å². The summed E-state index contributed by atoms with van der Waals surface area (Å²) in [5.41, 5.74) is 0.822. The van der Waals surface area contributed by atoms with Crippen molar-refractivity contribution in [2.24, 2.45) is 5.92 Å². The highest BCUT2D eigenvalue weighted by atomic mass is 16.6. The molecule has 8 nitrogen and oxygen atoms in total. The largest absolute Gasteiger partial charge is 0.465 e. The zero-order valence-electron chi connectivity index (χ0n) is 13.1. The van der Waals surface area contributed by atoms with Crippen molar-refractivity contribution in [2.75, 3.05) is 18.0 Å². The Kier molecular flexibility index (Phi) is 4.37. The maximum absolute atomic E-state index is 12.1. The maximum atomic E-state index is 12.1. The van der Waals surface area contributed by atoms with Gasteiger partial charge in [0.2, 0.25) is 0 Å². The van der Waals surface area contributed by atoms with E-state index in [0.717, 1.165) is 12.8 Å². The lowest BCUT2D eigenvalue weighted by atomic mass is 10.0. The summed E-state index contributed by atoms with van der Waals surface area (Å²) in [7, 11) is 0. The Bertz CT molecular complexity index is 678.